The van der Waals surface area contributed by atoms with Gasteiger partial charge in [0.2, 0.25) is 0 Å². The molecule has 0 aliphatic carbocycles. The van der Waals surface area contributed by atoms with Crippen molar-refractivity contribution in [3.05, 3.63) is 35.4 Å². The van der Waals surface area contributed by atoms with Crippen LogP contribution < -0.4 is 10.6 Å². The van der Waals surface area contributed by atoms with Gasteiger partial charge in [0.1, 0.15) is 0 Å². The Morgan fingerprint density at radius 3 is 2.72 bits per heavy atom. The number of ether oxygens (including phenoxy) is 1. The molecule has 140 valence electrons. The number of nitrogens with one attached hydrogen (secondary N) is 2. The van der Waals surface area contributed by atoms with Gasteiger partial charge in [0.15, 0.2) is 5.96 Å². The summed E-state index contributed by atoms with van der Waals surface area (Å²) in [5, 5.41) is 6.94. The normalized spacial score (nSPS) is 17.3. The van der Waals surface area contributed by atoms with Crippen molar-refractivity contribution in [2.24, 2.45) is 4.99 Å². The Kier molecular flexibility index (Phi) is 8.77. The molecular formula is C20H34N4O. The molecule has 0 saturated carbocycles. The number of benzene rings is 1. The lowest BCUT2D eigenvalue weighted by Crippen LogP contribution is -2.46. The van der Waals surface area contributed by atoms with Crippen molar-refractivity contribution in [1.29, 1.82) is 0 Å². The maximum atomic E-state index is 5.53. The first kappa shape index (κ1) is 19.7. The van der Waals surface area contributed by atoms with E-state index in [0.717, 1.165) is 45.4 Å². The lowest BCUT2D eigenvalue weighted by Gasteiger charge is -2.35. The molecule has 0 spiro atoms. The Balaban J connectivity index is 1.97. The number of unbranched alkanes of at least 4 members (excludes halogenated alkanes) is 2. The van der Waals surface area contributed by atoms with Crippen molar-refractivity contribution in [3.8, 4) is 0 Å². The summed E-state index contributed by atoms with van der Waals surface area (Å²) in [4.78, 5) is 6.87. The van der Waals surface area contributed by atoms with E-state index in [9.17, 15) is 0 Å². The third kappa shape index (κ3) is 6.67. The van der Waals surface area contributed by atoms with E-state index in [4.69, 9.17) is 4.74 Å². The molecule has 1 aromatic rings. The minimum atomic E-state index is 0.331. The minimum Gasteiger partial charge on any atom is -0.379 e. The average molecular weight is 347 g/mol. The predicted molar refractivity (Wildman–Crippen MR) is 105 cm³/mol. The number of rotatable bonds is 8. The van der Waals surface area contributed by atoms with Gasteiger partial charge in [-0.05, 0) is 18.9 Å². The summed E-state index contributed by atoms with van der Waals surface area (Å²) in [5.41, 5.74) is 2.66. The molecule has 0 amide bonds. The van der Waals surface area contributed by atoms with Gasteiger partial charge in [-0.2, -0.15) is 0 Å². The summed E-state index contributed by atoms with van der Waals surface area (Å²) in [6, 6.07) is 9.15. The van der Waals surface area contributed by atoms with Crippen molar-refractivity contribution < 1.29 is 4.74 Å². The highest BCUT2D eigenvalue weighted by Crippen LogP contribution is 2.22. The highest BCUT2D eigenvalue weighted by atomic mass is 16.5. The highest BCUT2D eigenvalue weighted by Gasteiger charge is 2.22. The SMILES string of the molecule is CCCCCNC(=NC)NCC(c1cccc(C)c1)N1CCOCC1. The summed E-state index contributed by atoms with van der Waals surface area (Å²) < 4.78 is 5.53. The number of aliphatic imine (C=N–C) groups is 1. The van der Waals surface area contributed by atoms with Gasteiger partial charge in [0, 0.05) is 33.2 Å². The molecule has 1 unspecified atom stereocenters. The molecule has 5 heteroatoms. The first-order valence-electron chi connectivity index (χ1n) is 9.57. The Morgan fingerprint density at radius 1 is 1.24 bits per heavy atom. The quantitative estimate of drug-likeness (QED) is 0.432. The van der Waals surface area contributed by atoms with E-state index < -0.39 is 0 Å². The van der Waals surface area contributed by atoms with Gasteiger partial charge in [0.25, 0.3) is 0 Å². The zero-order chi connectivity index (χ0) is 17.9. The van der Waals surface area contributed by atoms with Gasteiger partial charge in [-0.15, -0.1) is 0 Å². The fourth-order valence-corrected chi connectivity index (χ4v) is 3.22. The Bertz CT molecular complexity index is 526. The van der Waals surface area contributed by atoms with Crippen LogP contribution in [-0.2, 0) is 4.74 Å². The zero-order valence-electron chi connectivity index (χ0n) is 16.1. The predicted octanol–water partition coefficient (Wildman–Crippen LogP) is 2.72. The van der Waals surface area contributed by atoms with Gasteiger partial charge in [-0.1, -0.05) is 49.6 Å². The van der Waals surface area contributed by atoms with Gasteiger partial charge >= 0.3 is 0 Å². The topological polar surface area (TPSA) is 48.9 Å². The van der Waals surface area contributed by atoms with E-state index in [0.29, 0.717) is 6.04 Å². The molecule has 25 heavy (non-hydrogen) atoms. The molecule has 0 aromatic heterocycles. The van der Waals surface area contributed by atoms with Crippen LogP contribution in [0, 0.1) is 6.92 Å². The van der Waals surface area contributed by atoms with Crippen LogP contribution in [0.5, 0.6) is 0 Å². The maximum Gasteiger partial charge on any atom is 0.191 e. The molecular weight excluding hydrogens is 312 g/mol. The number of morpholine rings is 1. The van der Waals surface area contributed by atoms with Crippen molar-refractivity contribution in [3.63, 3.8) is 0 Å². The van der Waals surface area contributed by atoms with Crippen LogP contribution >= 0.6 is 0 Å². The molecule has 1 fully saturated rings. The molecule has 1 aromatic carbocycles. The Hall–Kier alpha value is -1.59. The molecule has 0 radical (unpaired) electrons. The van der Waals surface area contributed by atoms with E-state index in [-0.39, 0.29) is 0 Å². The van der Waals surface area contributed by atoms with Crippen LogP contribution in [0.2, 0.25) is 0 Å². The monoisotopic (exact) mass is 346 g/mol. The lowest BCUT2D eigenvalue weighted by atomic mass is 10.0. The van der Waals surface area contributed by atoms with Crippen LogP contribution in [0.25, 0.3) is 0 Å². The fourth-order valence-electron chi connectivity index (χ4n) is 3.22. The number of nitrogens with zero attached hydrogens (tertiary/aromatic N) is 2. The lowest BCUT2D eigenvalue weighted by molar-refractivity contribution is 0.0170. The smallest absolute Gasteiger partial charge is 0.191 e. The van der Waals surface area contributed by atoms with Crippen molar-refractivity contribution >= 4 is 5.96 Å². The average Bonchev–Trinajstić information content (AvgIpc) is 2.64. The second kappa shape index (κ2) is 11.1. The van der Waals surface area contributed by atoms with Crippen LogP contribution in [0.15, 0.2) is 29.3 Å². The maximum absolute atomic E-state index is 5.53. The Labute approximate surface area is 152 Å². The third-order valence-electron chi connectivity index (χ3n) is 4.67. The summed E-state index contributed by atoms with van der Waals surface area (Å²) in [6.07, 6.45) is 3.67. The van der Waals surface area contributed by atoms with E-state index in [1.807, 2.05) is 7.05 Å². The minimum absolute atomic E-state index is 0.331. The molecule has 1 saturated heterocycles. The Morgan fingerprint density at radius 2 is 2.04 bits per heavy atom. The highest BCUT2D eigenvalue weighted by molar-refractivity contribution is 5.79. The van der Waals surface area contributed by atoms with Gasteiger partial charge in [-0.25, -0.2) is 0 Å². The molecule has 1 aliphatic rings. The standard InChI is InChI=1S/C20H34N4O/c1-4-5-6-10-22-20(21-3)23-16-19(24-11-13-25-14-12-24)18-9-7-8-17(2)15-18/h7-9,15,19H,4-6,10-14,16H2,1-3H3,(H2,21,22,23). The van der Waals surface area contributed by atoms with Gasteiger partial charge in [-0.3, -0.25) is 9.89 Å². The fraction of sp³-hybridized carbons (Fsp3) is 0.650. The van der Waals surface area contributed by atoms with E-state index in [1.165, 1.54) is 30.4 Å². The third-order valence-corrected chi connectivity index (χ3v) is 4.67. The zero-order valence-corrected chi connectivity index (χ0v) is 16.1. The van der Waals surface area contributed by atoms with E-state index in [1.54, 1.807) is 0 Å². The van der Waals surface area contributed by atoms with Crippen LogP contribution in [0.1, 0.15) is 43.4 Å². The molecule has 1 aliphatic heterocycles. The van der Waals surface area contributed by atoms with Crippen LogP contribution in [0.3, 0.4) is 0 Å². The van der Waals surface area contributed by atoms with Crippen LogP contribution in [-0.4, -0.2) is 57.3 Å². The van der Waals surface area contributed by atoms with Gasteiger partial charge < -0.3 is 15.4 Å². The molecule has 0 bridgehead atoms. The largest absolute Gasteiger partial charge is 0.379 e. The van der Waals surface area contributed by atoms with E-state index in [2.05, 4.69) is 58.6 Å². The molecule has 2 rings (SSSR count). The van der Waals surface area contributed by atoms with Crippen LogP contribution in [0.4, 0.5) is 0 Å². The second-order valence-electron chi connectivity index (χ2n) is 6.67. The molecule has 1 atom stereocenters. The summed E-state index contributed by atoms with van der Waals surface area (Å²) in [7, 11) is 1.84. The van der Waals surface area contributed by atoms with E-state index >= 15 is 0 Å². The number of hydrogen-bond donors (Lipinski definition) is 2. The first-order chi connectivity index (χ1) is 12.2. The van der Waals surface area contributed by atoms with Crippen molar-refractivity contribution in [2.45, 2.75) is 39.2 Å². The van der Waals surface area contributed by atoms with Gasteiger partial charge in [0.05, 0.1) is 19.3 Å². The van der Waals surface area contributed by atoms with Crippen molar-refractivity contribution in [1.82, 2.24) is 15.5 Å². The molecule has 2 N–H and O–H groups in total. The van der Waals surface area contributed by atoms with Crippen molar-refractivity contribution in [2.75, 3.05) is 46.4 Å². The summed E-state index contributed by atoms with van der Waals surface area (Å²) >= 11 is 0. The number of aryl methyl sites for hydroxylation is 1. The summed E-state index contributed by atoms with van der Waals surface area (Å²) in [5.74, 6) is 0.891. The molecule has 5 nitrogen and oxygen atoms in total. The first-order valence-corrected chi connectivity index (χ1v) is 9.57. The molecule has 1 heterocycles. The number of guanidine groups is 1. The number of hydrogen-bond acceptors (Lipinski definition) is 3. The second-order valence-corrected chi connectivity index (χ2v) is 6.67. The summed E-state index contributed by atoms with van der Waals surface area (Å²) in [6.45, 7) is 9.77.